The van der Waals surface area contributed by atoms with Gasteiger partial charge in [0.1, 0.15) is 11.4 Å². The van der Waals surface area contributed by atoms with E-state index in [1.54, 1.807) is 19.1 Å². The van der Waals surface area contributed by atoms with Crippen LogP contribution in [0.5, 0.6) is 0 Å². The van der Waals surface area contributed by atoms with E-state index in [0.29, 0.717) is 0 Å². The molecule has 130 valence electrons. The van der Waals surface area contributed by atoms with Crippen LogP contribution in [0.15, 0.2) is 54.6 Å². The molecule has 0 saturated carbocycles. The Morgan fingerprint density at radius 1 is 1.16 bits per heavy atom. The van der Waals surface area contributed by atoms with Crippen molar-refractivity contribution in [3.63, 3.8) is 0 Å². The first-order chi connectivity index (χ1) is 11.9. The first-order valence-electron chi connectivity index (χ1n) is 7.92. The van der Waals surface area contributed by atoms with E-state index in [1.807, 2.05) is 30.3 Å². The van der Waals surface area contributed by atoms with Gasteiger partial charge in [0.2, 0.25) is 0 Å². The number of fused-ring (bicyclic) bond motifs is 1. The number of carbonyl (C=O) groups excluding carboxylic acids is 1. The normalized spacial score (nSPS) is 13.4. The second kappa shape index (κ2) is 7.21. The third kappa shape index (κ3) is 4.35. The number of rotatable bonds is 5. The van der Waals surface area contributed by atoms with Gasteiger partial charge in [0, 0.05) is 16.1 Å². The molecule has 3 N–H and O–H groups in total. The minimum absolute atomic E-state index is 0.0923. The Balaban J connectivity index is 1.55. The van der Waals surface area contributed by atoms with E-state index < -0.39 is 5.60 Å². The third-order valence-electron chi connectivity index (χ3n) is 3.92. The highest BCUT2D eigenvalue weighted by molar-refractivity contribution is 7.19. The van der Waals surface area contributed by atoms with E-state index in [-0.39, 0.29) is 24.9 Å². The summed E-state index contributed by atoms with van der Waals surface area (Å²) in [6.07, 6.45) is 0. The number of hydrogen-bond acceptors (Lipinski definition) is 3. The van der Waals surface area contributed by atoms with Crippen molar-refractivity contribution in [1.82, 2.24) is 10.6 Å². The van der Waals surface area contributed by atoms with Crippen LogP contribution in [-0.4, -0.2) is 17.7 Å². The fraction of sp³-hybridized carbons (Fsp3) is 0.211. The molecule has 3 rings (SSSR count). The number of hydrogen-bond donors (Lipinski definition) is 3. The van der Waals surface area contributed by atoms with E-state index in [0.717, 1.165) is 20.5 Å². The number of aliphatic hydroxyl groups is 1. The monoisotopic (exact) mass is 358 g/mol. The number of urea groups is 1. The summed E-state index contributed by atoms with van der Waals surface area (Å²) in [5.74, 6) is -0.312. The van der Waals surface area contributed by atoms with Crippen LogP contribution in [0.25, 0.3) is 10.1 Å². The number of halogens is 1. The number of carbonyl (C=O) groups is 1. The van der Waals surface area contributed by atoms with E-state index in [4.69, 9.17) is 0 Å². The van der Waals surface area contributed by atoms with Gasteiger partial charge in [-0.05, 0) is 42.1 Å². The average molecular weight is 358 g/mol. The highest BCUT2D eigenvalue weighted by Crippen LogP contribution is 2.32. The lowest BCUT2D eigenvalue weighted by Crippen LogP contribution is -2.42. The lowest BCUT2D eigenvalue weighted by atomic mass is 10.0. The van der Waals surface area contributed by atoms with Crippen LogP contribution in [0.2, 0.25) is 0 Å². The SMILES string of the molecule is CC(O)(CNC(=O)NCc1ccc(F)cc1)c1cc2ccccc2s1. The average Bonchev–Trinajstić information content (AvgIpc) is 3.05. The zero-order chi connectivity index (χ0) is 17.9. The van der Waals surface area contributed by atoms with E-state index in [9.17, 15) is 14.3 Å². The molecule has 25 heavy (non-hydrogen) atoms. The first kappa shape index (κ1) is 17.4. The molecule has 4 nitrogen and oxygen atoms in total. The highest BCUT2D eigenvalue weighted by Gasteiger charge is 2.26. The Labute approximate surface area is 149 Å². The summed E-state index contributed by atoms with van der Waals surface area (Å²) in [4.78, 5) is 12.7. The maximum absolute atomic E-state index is 12.8. The van der Waals surface area contributed by atoms with Crippen LogP contribution in [0.4, 0.5) is 9.18 Å². The van der Waals surface area contributed by atoms with E-state index in [2.05, 4.69) is 10.6 Å². The second-order valence-corrected chi connectivity index (χ2v) is 7.17. The first-order valence-corrected chi connectivity index (χ1v) is 8.73. The van der Waals surface area contributed by atoms with Gasteiger partial charge in [-0.25, -0.2) is 9.18 Å². The van der Waals surface area contributed by atoms with Gasteiger partial charge >= 0.3 is 6.03 Å². The molecule has 3 aromatic rings. The molecule has 1 aromatic heterocycles. The fourth-order valence-corrected chi connectivity index (χ4v) is 3.54. The Morgan fingerprint density at radius 2 is 1.88 bits per heavy atom. The molecule has 0 bridgehead atoms. The predicted octanol–water partition coefficient (Wildman–Crippen LogP) is 3.75. The highest BCUT2D eigenvalue weighted by atomic mass is 32.1. The third-order valence-corrected chi connectivity index (χ3v) is 5.29. The molecule has 0 spiro atoms. The maximum Gasteiger partial charge on any atom is 0.315 e. The second-order valence-electron chi connectivity index (χ2n) is 6.09. The molecule has 0 saturated heterocycles. The minimum atomic E-state index is -1.16. The van der Waals surface area contributed by atoms with Crippen LogP contribution >= 0.6 is 11.3 Å². The number of thiophene rings is 1. The van der Waals surface area contributed by atoms with E-state index >= 15 is 0 Å². The predicted molar refractivity (Wildman–Crippen MR) is 98.0 cm³/mol. The Hall–Kier alpha value is -2.44. The quantitative estimate of drug-likeness (QED) is 0.650. The van der Waals surface area contributed by atoms with Crippen molar-refractivity contribution in [2.45, 2.75) is 19.1 Å². The zero-order valence-electron chi connectivity index (χ0n) is 13.8. The van der Waals surface area contributed by atoms with Gasteiger partial charge in [0.15, 0.2) is 0 Å². The number of benzene rings is 2. The summed E-state index contributed by atoms with van der Waals surface area (Å²) in [5.41, 5.74) is -0.357. The molecule has 1 unspecified atom stereocenters. The molecule has 6 heteroatoms. The van der Waals surface area contributed by atoms with Crippen molar-refractivity contribution in [3.8, 4) is 0 Å². The molecule has 1 heterocycles. The van der Waals surface area contributed by atoms with Gasteiger partial charge < -0.3 is 15.7 Å². The minimum Gasteiger partial charge on any atom is -0.383 e. The molecule has 0 aliphatic rings. The van der Waals surface area contributed by atoms with Crippen molar-refractivity contribution >= 4 is 27.5 Å². The Bertz CT molecular complexity index is 842. The molecule has 0 radical (unpaired) electrons. The summed E-state index contributed by atoms with van der Waals surface area (Å²) in [6.45, 7) is 2.06. The molecule has 0 fully saturated rings. The molecule has 2 amide bonds. The van der Waals surface area contributed by atoms with Crippen LogP contribution in [-0.2, 0) is 12.1 Å². The smallest absolute Gasteiger partial charge is 0.315 e. The lowest BCUT2D eigenvalue weighted by Gasteiger charge is -2.22. The molecular weight excluding hydrogens is 339 g/mol. The van der Waals surface area contributed by atoms with Crippen LogP contribution in [0.1, 0.15) is 17.4 Å². The Kier molecular flexibility index (Phi) is 5.01. The van der Waals surface area contributed by atoms with Gasteiger partial charge in [-0.2, -0.15) is 0 Å². The molecular formula is C19H19FN2O2S. The summed E-state index contributed by atoms with van der Waals surface area (Å²) >= 11 is 1.51. The van der Waals surface area contributed by atoms with Gasteiger partial charge in [0.05, 0.1) is 6.54 Å². The summed E-state index contributed by atoms with van der Waals surface area (Å²) in [6, 6.07) is 15.4. The van der Waals surface area contributed by atoms with Gasteiger partial charge in [-0.3, -0.25) is 0 Å². The summed E-state index contributed by atoms with van der Waals surface area (Å²) in [7, 11) is 0. The van der Waals surface area contributed by atoms with Gasteiger partial charge in [-0.15, -0.1) is 11.3 Å². The maximum atomic E-state index is 12.8. The summed E-state index contributed by atoms with van der Waals surface area (Å²) < 4.78 is 13.9. The van der Waals surface area contributed by atoms with Gasteiger partial charge in [-0.1, -0.05) is 30.3 Å². The molecule has 2 aromatic carbocycles. The number of nitrogens with one attached hydrogen (secondary N) is 2. The topological polar surface area (TPSA) is 61.4 Å². The van der Waals surface area contributed by atoms with Crippen LogP contribution < -0.4 is 10.6 Å². The van der Waals surface area contributed by atoms with Crippen molar-refractivity contribution < 1.29 is 14.3 Å². The number of amides is 2. The van der Waals surface area contributed by atoms with E-state index in [1.165, 1.54) is 23.5 Å². The molecule has 1 atom stereocenters. The van der Waals surface area contributed by atoms with Crippen LogP contribution in [0, 0.1) is 5.82 Å². The Morgan fingerprint density at radius 3 is 2.60 bits per heavy atom. The zero-order valence-corrected chi connectivity index (χ0v) is 14.6. The van der Waals surface area contributed by atoms with Crippen molar-refractivity contribution in [2.75, 3.05) is 6.54 Å². The van der Waals surface area contributed by atoms with Crippen molar-refractivity contribution in [1.29, 1.82) is 0 Å². The lowest BCUT2D eigenvalue weighted by molar-refractivity contribution is 0.0632. The molecule has 0 aliphatic heterocycles. The molecule has 0 aliphatic carbocycles. The van der Waals surface area contributed by atoms with Crippen molar-refractivity contribution in [2.24, 2.45) is 0 Å². The van der Waals surface area contributed by atoms with Crippen molar-refractivity contribution in [3.05, 3.63) is 70.9 Å². The van der Waals surface area contributed by atoms with Crippen LogP contribution in [0.3, 0.4) is 0 Å². The summed E-state index contributed by atoms with van der Waals surface area (Å²) in [5, 5.41) is 17.1. The standard InChI is InChI=1S/C19H19FN2O2S/c1-19(24,17-10-14-4-2-3-5-16(14)25-17)12-22-18(23)21-11-13-6-8-15(20)9-7-13/h2-10,24H,11-12H2,1H3,(H2,21,22,23). The fourth-order valence-electron chi connectivity index (χ4n) is 2.43. The van der Waals surface area contributed by atoms with Gasteiger partial charge in [0.25, 0.3) is 0 Å². The largest absolute Gasteiger partial charge is 0.383 e.